The Morgan fingerprint density at radius 3 is 2.33 bits per heavy atom. The van der Waals surface area contributed by atoms with Crippen LogP contribution in [0.5, 0.6) is 5.75 Å². The van der Waals surface area contributed by atoms with Crippen molar-refractivity contribution >= 4 is 17.8 Å². The molecule has 0 spiro atoms. The average molecular weight is 745 g/mol. The second-order valence-corrected chi connectivity index (χ2v) is 13.8. The molecule has 14 heteroatoms. The second-order valence-electron chi connectivity index (χ2n) is 13.8. The minimum atomic E-state index is -0.981. The van der Waals surface area contributed by atoms with E-state index in [4.69, 9.17) is 25.7 Å². The maximum atomic E-state index is 14.4. The smallest absolute Gasteiger partial charge is 0.249 e. The molecule has 6 N–H and O–H groups in total. The van der Waals surface area contributed by atoms with Gasteiger partial charge in [0.25, 0.3) is 0 Å². The fourth-order valence-electron chi connectivity index (χ4n) is 6.59. The van der Waals surface area contributed by atoms with Gasteiger partial charge in [0.1, 0.15) is 17.8 Å². The molecule has 3 aromatic carbocycles. The van der Waals surface area contributed by atoms with Crippen molar-refractivity contribution < 1.29 is 18.8 Å². The summed E-state index contributed by atoms with van der Waals surface area (Å²) in [6.07, 6.45) is 8.83. The van der Waals surface area contributed by atoms with E-state index in [9.17, 15) is 9.59 Å². The van der Waals surface area contributed by atoms with Gasteiger partial charge in [-0.05, 0) is 72.2 Å². The second kappa shape index (κ2) is 17.7. The van der Waals surface area contributed by atoms with Crippen LogP contribution in [0.2, 0.25) is 0 Å². The summed E-state index contributed by atoms with van der Waals surface area (Å²) in [7, 11) is 3.48. The Labute approximate surface area is 320 Å². The van der Waals surface area contributed by atoms with Crippen molar-refractivity contribution in [2.24, 2.45) is 12.8 Å². The highest BCUT2D eigenvalue weighted by Gasteiger charge is 2.30. The predicted octanol–water partition coefficient (Wildman–Crippen LogP) is 4.40. The van der Waals surface area contributed by atoms with Gasteiger partial charge in [-0.1, -0.05) is 59.8 Å². The van der Waals surface area contributed by atoms with Crippen LogP contribution in [0.4, 0.5) is 5.95 Å². The van der Waals surface area contributed by atoms with Crippen LogP contribution in [0.1, 0.15) is 58.5 Å². The van der Waals surface area contributed by atoms with E-state index in [2.05, 4.69) is 50.0 Å². The average Bonchev–Trinajstić information content (AvgIpc) is 3.94. The van der Waals surface area contributed by atoms with Crippen LogP contribution < -0.4 is 26.8 Å². The zero-order valence-electron chi connectivity index (χ0n) is 31.6. The summed E-state index contributed by atoms with van der Waals surface area (Å²) in [5.74, 6) is 0.929. The quantitative estimate of drug-likeness (QED) is 0.104. The fourth-order valence-corrected chi connectivity index (χ4v) is 6.59. The van der Waals surface area contributed by atoms with Crippen LogP contribution >= 0.6 is 0 Å². The molecular formula is C41H48N10O4. The Kier molecular flexibility index (Phi) is 12.4. The largest absolute Gasteiger partial charge is 0.497 e. The molecule has 0 radical (unpaired) electrons. The summed E-state index contributed by atoms with van der Waals surface area (Å²) in [6.45, 7) is 4.46. The first-order valence-corrected chi connectivity index (χ1v) is 18.3. The van der Waals surface area contributed by atoms with E-state index in [1.807, 2.05) is 74.1 Å². The van der Waals surface area contributed by atoms with E-state index in [-0.39, 0.29) is 18.7 Å². The number of aromatic nitrogens is 6. The number of anilines is 1. The molecule has 2 amide bonds. The van der Waals surface area contributed by atoms with E-state index >= 15 is 0 Å². The van der Waals surface area contributed by atoms with Crippen molar-refractivity contribution in [2.45, 2.75) is 70.6 Å². The van der Waals surface area contributed by atoms with Crippen LogP contribution in [-0.4, -0.2) is 60.3 Å². The monoisotopic (exact) mass is 744 g/mol. The normalized spacial score (nSPS) is 12.9. The van der Waals surface area contributed by atoms with Gasteiger partial charge in [-0.15, -0.1) is 0 Å². The molecule has 0 aliphatic rings. The third-order valence-corrected chi connectivity index (χ3v) is 9.64. The Bertz CT molecular complexity index is 2170. The standard InChI is InChI=1S/C41H48N10O4/c1-26-19-32(54-4)20-27(2)33(26)23-35(46-38(52)34(42)11-8-17-51-18-16-44-41(51)43)39(53)47-36(22-31-24-50(3)25-45-31)40-48-37(49-55-40)21-28-12-14-30(15-13-28)29-9-6-5-7-10-29/h5-7,9-10,12-16,18-20,24-25,34-36H,8,11,17,21-23,42H2,1-4H3,(H2,43,44)(H,46,52)(H,47,53). The molecule has 0 saturated heterocycles. The van der Waals surface area contributed by atoms with E-state index in [1.54, 1.807) is 30.4 Å². The Morgan fingerprint density at radius 1 is 0.945 bits per heavy atom. The lowest BCUT2D eigenvalue weighted by Gasteiger charge is -2.24. The number of nitrogens with zero attached hydrogens (tertiary/aromatic N) is 6. The number of benzene rings is 3. The van der Waals surface area contributed by atoms with Gasteiger partial charge in [0.05, 0.1) is 25.2 Å². The van der Waals surface area contributed by atoms with Crippen LogP contribution in [0.3, 0.4) is 0 Å². The molecule has 0 bridgehead atoms. The van der Waals surface area contributed by atoms with Gasteiger partial charge in [0, 0.05) is 51.4 Å². The summed E-state index contributed by atoms with van der Waals surface area (Å²) < 4.78 is 14.9. The predicted molar refractivity (Wildman–Crippen MR) is 209 cm³/mol. The van der Waals surface area contributed by atoms with Gasteiger partial charge >= 0.3 is 0 Å². The third-order valence-electron chi connectivity index (χ3n) is 9.64. The van der Waals surface area contributed by atoms with Gasteiger partial charge in [-0.3, -0.25) is 9.59 Å². The van der Waals surface area contributed by atoms with E-state index in [0.29, 0.717) is 49.0 Å². The SMILES string of the molecule is COc1cc(C)c(CC(NC(=O)C(N)CCCn2ccnc2N)C(=O)NC(Cc2cn(C)cn2)c2nc(Cc3ccc(-c4ccccc4)cc3)no2)c(C)c1. The first-order valence-electron chi connectivity index (χ1n) is 18.3. The molecule has 0 aliphatic carbocycles. The highest BCUT2D eigenvalue weighted by Crippen LogP contribution is 2.25. The number of methoxy groups -OCH3 is 1. The third kappa shape index (κ3) is 10.0. The van der Waals surface area contributed by atoms with Crippen LogP contribution in [-0.2, 0) is 42.4 Å². The number of hydrogen-bond donors (Lipinski definition) is 4. The Morgan fingerprint density at radius 2 is 1.67 bits per heavy atom. The van der Waals surface area contributed by atoms with Crippen LogP contribution in [0.15, 0.2) is 96.2 Å². The van der Waals surface area contributed by atoms with Crippen molar-refractivity contribution in [1.29, 1.82) is 0 Å². The number of ether oxygens (including phenoxy) is 1. The summed E-state index contributed by atoms with van der Waals surface area (Å²) >= 11 is 0. The Balaban J connectivity index is 1.21. The maximum absolute atomic E-state index is 14.4. The molecule has 0 fully saturated rings. The number of carbonyl (C=O) groups is 2. The molecule has 6 rings (SSSR count). The van der Waals surface area contributed by atoms with Gasteiger partial charge in [0.2, 0.25) is 17.7 Å². The summed E-state index contributed by atoms with van der Waals surface area (Å²) in [5.41, 5.74) is 19.0. The molecule has 3 unspecified atom stereocenters. The zero-order valence-corrected chi connectivity index (χ0v) is 31.6. The summed E-state index contributed by atoms with van der Waals surface area (Å²) in [6, 6.07) is 19.6. The van der Waals surface area contributed by atoms with E-state index < -0.39 is 29.9 Å². The zero-order chi connectivity index (χ0) is 38.9. The molecule has 0 saturated carbocycles. The number of hydrogen-bond acceptors (Lipinski definition) is 10. The topological polar surface area (TPSA) is 194 Å². The summed E-state index contributed by atoms with van der Waals surface area (Å²) in [4.78, 5) is 41.2. The first-order chi connectivity index (χ1) is 26.6. The van der Waals surface area contributed by atoms with Crippen molar-refractivity contribution in [1.82, 2.24) is 39.9 Å². The number of nitrogens with two attached hydrogens (primary N) is 2. The van der Waals surface area contributed by atoms with Crippen molar-refractivity contribution in [3.63, 3.8) is 0 Å². The summed E-state index contributed by atoms with van der Waals surface area (Å²) in [5, 5.41) is 10.3. The number of aryl methyl sites for hydroxylation is 4. The molecule has 3 atom stereocenters. The number of amides is 2. The molecule has 14 nitrogen and oxygen atoms in total. The van der Waals surface area contributed by atoms with E-state index in [0.717, 1.165) is 33.4 Å². The highest BCUT2D eigenvalue weighted by atomic mass is 16.5. The number of imidazole rings is 2. The minimum absolute atomic E-state index is 0.210. The number of carbonyl (C=O) groups excluding carboxylic acids is 2. The fraction of sp³-hybridized carbons (Fsp3) is 0.317. The van der Waals surface area contributed by atoms with Gasteiger partial charge in [0.15, 0.2) is 11.8 Å². The minimum Gasteiger partial charge on any atom is -0.497 e. The lowest BCUT2D eigenvalue weighted by Crippen LogP contribution is -2.53. The molecule has 0 aliphatic heterocycles. The van der Waals surface area contributed by atoms with Gasteiger partial charge in [-0.2, -0.15) is 4.98 Å². The van der Waals surface area contributed by atoms with Crippen LogP contribution in [0.25, 0.3) is 11.1 Å². The molecular weight excluding hydrogens is 697 g/mol. The number of nitrogens with one attached hydrogen (secondary N) is 2. The van der Waals surface area contributed by atoms with Gasteiger partial charge in [-0.25, -0.2) is 9.97 Å². The van der Waals surface area contributed by atoms with E-state index in [1.165, 1.54) is 0 Å². The van der Waals surface area contributed by atoms with Crippen LogP contribution in [0, 0.1) is 13.8 Å². The first kappa shape index (κ1) is 38.4. The number of nitrogen functional groups attached to an aromatic ring is 1. The van der Waals surface area contributed by atoms with Crippen molar-refractivity contribution in [2.75, 3.05) is 12.8 Å². The molecule has 3 heterocycles. The maximum Gasteiger partial charge on any atom is 0.249 e. The van der Waals surface area contributed by atoms with Crippen molar-refractivity contribution in [3.05, 3.63) is 131 Å². The molecule has 286 valence electrons. The van der Waals surface area contributed by atoms with Gasteiger partial charge < -0.3 is 40.5 Å². The number of rotatable bonds is 17. The lowest BCUT2D eigenvalue weighted by molar-refractivity contribution is -0.130. The van der Waals surface area contributed by atoms with Crippen molar-refractivity contribution in [3.8, 4) is 16.9 Å². The molecule has 6 aromatic rings. The lowest BCUT2D eigenvalue weighted by atomic mass is 9.95. The highest BCUT2D eigenvalue weighted by molar-refractivity contribution is 5.90. The Hall–Kier alpha value is -6.28. The molecule has 55 heavy (non-hydrogen) atoms. The molecule has 3 aromatic heterocycles.